The van der Waals surface area contributed by atoms with Crippen LogP contribution in [0.15, 0.2) is 30.3 Å². The van der Waals surface area contributed by atoms with Crippen LogP contribution in [0, 0.1) is 0 Å². The fraction of sp³-hybridized carbons (Fsp3) is 0.500. The lowest BCUT2D eigenvalue weighted by atomic mass is 10.0. The van der Waals surface area contributed by atoms with Crippen LogP contribution in [0.3, 0.4) is 0 Å². The van der Waals surface area contributed by atoms with E-state index >= 15 is 0 Å². The zero-order valence-electron chi connectivity index (χ0n) is 11.8. The summed E-state index contributed by atoms with van der Waals surface area (Å²) in [6.07, 6.45) is -0.904. The highest BCUT2D eigenvalue weighted by molar-refractivity contribution is 5.18. The maximum Gasteiger partial charge on any atom is 0.0942 e. The molecule has 0 fully saturated rings. The Hall–Kier alpha value is -0.900. The number of hydrogen-bond donors (Lipinski definition) is 2. The van der Waals surface area contributed by atoms with E-state index in [1.165, 1.54) is 0 Å². The average molecular weight is 212 g/mol. The number of rotatable bonds is 5. The van der Waals surface area contributed by atoms with Crippen molar-refractivity contribution >= 4 is 0 Å². The van der Waals surface area contributed by atoms with Crippen molar-refractivity contribution < 1.29 is 14.3 Å². The molecular formula is C12H19NO2. The Bertz CT molecular complexity index is 356. The molecule has 15 heavy (non-hydrogen) atoms. The lowest BCUT2D eigenvalue weighted by molar-refractivity contribution is 0.0632. The first kappa shape index (κ1) is 8.28. The molecule has 1 rings (SSSR count). The van der Waals surface area contributed by atoms with E-state index in [1.807, 2.05) is 6.07 Å². The molecule has 0 radical (unpaired) electrons. The number of aliphatic hydroxyl groups excluding tert-OH is 2. The van der Waals surface area contributed by atoms with Gasteiger partial charge >= 0.3 is 0 Å². The maximum absolute atomic E-state index is 10.2. The SMILES string of the molecule is [2H]C([2H])([2H])N(CCO)[C@@H](C)[C@H](O)c1ccccc1. The Labute approximate surface area is 95.2 Å². The van der Waals surface area contributed by atoms with Crippen LogP contribution in [0.4, 0.5) is 0 Å². The second-order valence-electron chi connectivity index (χ2n) is 3.51. The van der Waals surface area contributed by atoms with Crippen molar-refractivity contribution in [2.75, 3.05) is 20.1 Å². The summed E-state index contributed by atoms with van der Waals surface area (Å²) in [6, 6.07) is 8.30. The van der Waals surface area contributed by atoms with Crippen molar-refractivity contribution in [3.05, 3.63) is 35.9 Å². The predicted molar refractivity (Wildman–Crippen MR) is 60.6 cm³/mol. The Morgan fingerprint density at radius 3 is 2.60 bits per heavy atom. The molecule has 3 nitrogen and oxygen atoms in total. The summed E-state index contributed by atoms with van der Waals surface area (Å²) in [7, 11) is 0. The summed E-state index contributed by atoms with van der Waals surface area (Å²) in [6.45, 7) is -0.955. The third-order valence-corrected chi connectivity index (χ3v) is 2.43. The van der Waals surface area contributed by atoms with Crippen LogP contribution in [0.2, 0.25) is 0 Å². The van der Waals surface area contributed by atoms with E-state index in [-0.39, 0.29) is 13.2 Å². The third-order valence-electron chi connectivity index (χ3n) is 2.43. The Morgan fingerprint density at radius 2 is 2.07 bits per heavy atom. The minimum Gasteiger partial charge on any atom is -0.395 e. The minimum absolute atomic E-state index is 0.00155. The van der Waals surface area contributed by atoms with Gasteiger partial charge in [0.05, 0.1) is 12.7 Å². The van der Waals surface area contributed by atoms with Gasteiger partial charge in [-0.2, -0.15) is 0 Å². The quantitative estimate of drug-likeness (QED) is 0.766. The van der Waals surface area contributed by atoms with Gasteiger partial charge in [0.2, 0.25) is 0 Å². The molecule has 1 aromatic rings. The Kier molecular flexibility index (Phi) is 3.23. The molecule has 0 unspecified atom stereocenters. The molecule has 0 aliphatic rings. The summed E-state index contributed by atoms with van der Waals surface area (Å²) in [5.41, 5.74) is 0.664. The van der Waals surface area contributed by atoms with E-state index in [0.717, 1.165) is 4.90 Å². The van der Waals surface area contributed by atoms with Gasteiger partial charge in [-0.05, 0) is 19.5 Å². The Balaban J connectivity index is 2.86. The van der Waals surface area contributed by atoms with Crippen LogP contribution in [-0.2, 0) is 0 Å². The summed E-state index contributed by atoms with van der Waals surface area (Å²) >= 11 is 0. The van der Waals surface area contributed by atoms with Gasteiger partial charge in [0.1, 0.15) is 0 Å². The first-order valence-corrected chi connectivity index (χ1v) is 4.98. The molecule has 0 heterocycles. The average Bonchev–Trinajstić information content (AvgIpc) is 2.34. The molecule has 84 valence electrons. The van der Waals surface area contributed by atoms with Gasteiger partial charge < -0.3 is 10.2 Å². The predicted octanol–water partition coefficient (Wildman–Crippen LogP) is 1.03. The highest BCUT2D eigenvalue weighted by atomic mass is 16.3. The lowest BCUT2D eigenvalue weighted by Gasteiger charge is -2.28. The van der Waals surface area contributed by atoms with Crippen molar-refractivity contribution in [1.82, 2.24) is 4.90 Å². The summed E-state index contributed by atoms with van der Waals surface area (Å²) in [5, 5.41) is 19.1. The Morgan fingerprint density at radius 1 is 1.40 bits per heavy atom. The normalized spacial score (nSPS) is 19.1. The van der Waals surface area contributed by atoms with Gasteiger partial charge in [0.25, 0.3) is 0 Å². The van der Waals surface area contributed by atoms with Crippen molar-refractivity contribution in [2.24, 2.45) is 0 Å². The zero-order valence-corrected chi connectivity index (χ0v) is 8.80. The molecule has 0 aromatic heterocycles. The van der Waals surface area contributed by atoms with Crippen LogP contribution in [-0.4, -0.2) is 41.3 Å². The van der Waals surface area contributed by atoms with Gasteiger partial charge in [-0.1, -0.05) is 30.3 Å². The van der Waals surface area contributed by atoms with E-state index in [4.69, 9.17) is 9.22 Å². The molecule has 0 saturated heterocycles. The molecule has 3 heteroatoms. The molecule has 0 amide bonds. The van der Waals surface area contributed by atoms with Crippen molar-refractivity contribution in [3.63, 3.8) is 0 Å². The van der Waals surface area contributed by atoms with Crippen LogP contribution in [0.25, 0.3) is 0 Å². The van der Waals surface area contributed by atoms with E-state index in [1.54, 1.807) is 31.2 Å². The number of aliphatic hydroxyl groups is 2. The van der Waals surface area contributed by atoms with Crippen LogP contribution in [0.1, 0.15) is 22.7 Å². The first-order valence-electron chi connectivity index (χ1n) is 6.48. The van der Waals surface area contributed by atoms with Crippen LogP contribution < -0.4 is 0 Å². The maximum atomic E-state index is 10.2. The standard InChI is InChI=1S/C12H19NO2/c1-10(13(2)8-9-14)12(15)11-6-4-3-5-7-11/h3-7,10,12,14-15H,8-9H2,1-2H3/t10-,12-/m0/s1/i2D3. The van der Waals surface area contributed by atoms with Gasteiger partial charge in [0, 0.05) is 16.7 Å². The van der Waals surface area contributed by atoms with Gasteiger partial charge in [-0.25, -0.2) is 0 Å². The van der Waals surface area contributed by atoms with Crippen LogP contribution >= 0.6 is 0 Å². The van der Waals surface area contributed by atoms with E-state index in [9.17, 15) is 5.11 Å². The summed E-state index contributed by atoms with van der Waals surface area (Å²) in [4.78, 5) is 1.13. The highest BCUT2D eigenvalue weighted by Crippen LogP contribution is 2.19. The monoisotopic (exact) mass is 212 g/mol. The van der Waals surface area contributed by atoms with E-state index in [0.29, 0.717) is 5.56 Å². The number of nitrogens with zero attached hydrogens (tertiary/aromatic N) is 1. The van der Waals surface area contributed by atoms with Gasteiger partial charge in [0.15, 0.2) is 0 Å². The molecule has 2 N–H and O–H groups in total. The molecule has 0 saturated carbocycles. The molecule has 0 spiro atoms. The largest absolute Gasteiger partial charge is 0.395 e. The summed E-state index contributed by atoms with van der Waals surface area (Å²) in [5.74, 6) is 0. The van der Waals surface area contributed by atoms with E-state index < -0.39 is 19.1 Å². The van der Waals surface area contributed by atoms with Crippen LogP contribution in [0.5, 0.6) is 0 Å². The third kappa shape index (κ3) is 3.30. The van der Waals surface area contributed by atoms with Crippen molar-refractivity contribution in [1.29, 1.82) is 0 Å². The van der Waals surface area contributed by atoms with Gasteiger partial charge in [-0.15, -0.1) is 0 Å². The number of likely N-dealkylation sites (N-methyl/N-ethyl adjacent to an activating group) is 1. The minimum atomic E-state index is -2.34. The summed E-state index contributed by atoms with van der Waals surface area (Å²) < 4.78 is 22.2. The molecule has 0 aliphatic carbocycles. The second-order valence-corrected chi connectivity index (χ2v) is 3.51. The first-order chi connectivity index (χ1) is 8.38. The number of hydrogen-bond acceptors (Lipinski definition) is 3. The lowest BCUT2D eigenvalue weighted by Crippen LogP contribution is -2.36. The van der Waals surface area contributed by atoms with Gasteiger partial charge in [-0.3, -0.25) is 4.90 Å². The van der Waals surface area contributed by atoms with E-state index in [2.05, 4.69) is 0 Å². The molecule has 1 aromatic carbocycles. The smallest absolute Gasteiger partial charge is 0.0942 e. The fourth-order valence-electron chi connectivity index (χ4n) is 1.41. The fourth-order valence-corrected chi connectivity index (χ4v) is 1.41. The molecule has 0 bridgehead atoms. The topological polar surface area (TPSA) is 43.7 Å². The molecule has 0 aliphatic heterocycles. The zero-order chi connectivity index (χ0) is 13.8. The number of benzene rings is 1. The van der Waals surface area contributed by atoms with Crippen molar-refractivity contribution in [3.8, 4) is 0 Å². The van der Waals surface area contributed by atoms with Crippen molar-refractivity contribution in [2.45, 2.75) is 19.1 Å². The highest BCUT2D eigenvalue weighted by Gasteiger charge is 2.19. The second kappa shape index (κ2) is 5.85. The molecular weight excluding hydrogens is 190 g/mol. The molecule has 2 atom stereocenters.